The van der Waals surface area contributed by atoms with Gasteiger partial charge in [0.2, 0.25) is 5.82 Å². The maximum atomic E-state index is 12.6. The smallest absolute Gasteiger partial charge is 0.287 e. The number of carbonyl (C=O) groups is 1. The summed E-state index contributed by atoms with van der Waals surface area (Å²) in [4.78, 5) is 56.5. The van der Waals surface area contributed by atoms with E-state index in [1.807, 2.05) is 23.1 Å². The molecule has 3 heterocycles. The number of hydrogen-bond donors (Lipinski definition) is 3. The second-order valence-electron chi connectivity index (χ2n) is 7.80. The van der Waals surface area contributed by atoms with Gasteiger partial charge in [-0.1, -0.05) is 18.2 Å². The molecule has 1 aliphatic heterocycles. The average molecular weight is 433 g/mol. The Labute approximate surface area is 180 Å². The SMILES string of the molecule is Cn1ncc2c(=O)[nH]c(C(=O)NCc3ccc4c(c3)CN(c3c(N)c(=O)c3=O)CC4)nc21. The number of anilines is 2. The summed E-state index contributed by atoms with van der Waals surface area (Å²) in [6, 6.07) is 5.85. The van der Waals surface area contributed by atoms with Gasteiger partial charge in [0, 0.05) is 26.7 Å². The highest BCUT2D eigenvalue weighted by atomic mass is 16.2. The molecule has 0 aliphatic carbocycles. The van der Waals surface area contributed by atoms with Crippen LogP contribution in [0.5, 0.6) is 0 Å². The van der Waals surface area contributed by atoms with E-state index in [2.05, 4.69) is 20.4 Å². The maximum absolute atomic E-state index is 12.6. The van der Waals surface area contributed by atoms with Crippen molar-refractivity contribution in [3.8, 4) is 0 Å². The Morgan fingerprint density at radius 3 is 2.81 bits per heavy atom. The van der Waals surface area contributed by atoms with Crippen LogP contribution in [0.1, 0.15) is 27.3 Å². The van der Waals surface area contributed by atoms with Crippen molar-refractivity contribution in [3.05, 3.63) is 77.7 Å². The van der Waals surface area contributed by atoms with Crippen LogP contribution in [0.15, 0.2) is 38.8 Å². The molecule has 5 rings (SSSR count). The molecule has 0 fully saturated rings. The summed E-state index contributed by atoms with van der Waals surface area (Å²) in [5, 5.41) is 7.05. The highest BCUT2D eigenvalue weighted by molar-refractivity contribution is 5.92. The van der Waals surface area contributed by atoms with Crippen LogP contribution in [0.4, 0.5) is 11.4 Å². The van der Waals surface area contributed by atoms with Gasteiger partial charge in [-0.15, -0.1) is 0 Å². The summed E-state index contributed by atoms with van der Waals surface area (Å²) in [6.45, 7) is 1.29. The summed E-state index contributed by atoms with van der Waals surface area (Å²) >= 11 is 0. The Hall–Kier alpha value is -4.28. The highest BCUT2D eigenvalue weighted by Gasteiger charge is 2.26. The largest absolute Gasteiger partial charge is 0.394 e. The fourth-order valence-corrected chi connectivity index (χ4v) is 4.03. The van der Waals surface area contributed by atoms with Gasteiger partial charge in [-0.25, -0.2) is 4.98 Å². The van der Waals surface area contributed by atoms with Gasteiger partial charge >= 0.3 is 0 Å². The van der Waals surface area contributed by atoms with Crippen molar-refractivity contribution >= 4 is 28.3 Å². The van der Waals surface area contributed by atoms with Gasteiger partial charge in [-0.3, -0.25) is 23.9 Å². The summed E-state index contributed by atoms with van der Waals surface area (Å²) in [5.41, 5.74) is 7.73. The Kier molecular flexibility index (Phi) is 4.40. The number of nitrogen functional groups attached to an aromatic ring is 1. The van der Waals surface area contributed by atoms with Crippen molar-refractivity contribution in [2.24, 2.45) is 7.05 Å². The Bertz CT molecular complexity index is 1520. The maximum Gasteiger partial charge on any atom is 0.287 e. The van der Waals surface area contributed by atoms with E-state index in [4.69, 9.17) is 5.73 Å². The van der Waals surface area contributed by atoms with Crippen LogP contribution in [0.2, 0.25) is 0 Å². The first-order valence-corrected chi connectivity index (χ1v) is 9.98. The van der Waals surface area contributed by atoms with Gasteiger partial charge in [0.05, 0.1) is 6.20 Å². The molecule has 0 unspecified atom stereocenters. The van der Waals surface area contributed by atoms with E-state index in [9.17, 15) is 19.2 Å². The zero-order valence-electron chi connectivity index (χ0n) is 17.1. The number of aromatic amines is 1. The molecule has 11 heteroatoms. The second kappa shape index (κ2) is 7.15. The normalized spacial score (nSPS) is 13.5. The number of nitrogens with two attached hydrogens (primary N) is 1. The molecule has 0 atom stereocenters. The first-order valence-electron chi connectivity index (χ1n) is 9.98. The van der Waals surface area contributed by atoms with Crippen LogP contribution in [-0.2, 0) is 26.6 Å². The van der Waals surface area contributed by atoms with Gasteiger partial charge < -0.3 is 20.9 Å². The predicted molar refractivity (Wildman–Crippen MR) is 117 cm³/mol. The van der Waals surface area contributed by atoms with Crippen LogP contribution >= 0.6 is 0 Å². The fraction of sp³-hybridized carbons (Fsp3) is 0.238. The van der Waals surface area contributed by atoms with Crippen LogP contribution in [-0.4, -0.2) is 32.2 Å². The molecule has 0 radical (unpaired) electrons. The minimum absolute atomic E-state index is 0.0220. The number of fused-ring (bicyclic) bond motifs is 2. The topological polar surface area (TPSA) is 156 Å². The molecule has 0 saturated carbocycles. The molecular formula is C21H19N7O4. The van der Waals surface area contributed by atoms with E-state index < -0.39 is 22.3 Å². The van der Waals surface area contributed by atoms with E-state index in [0.717, 1.165) is 23.1 Å². The lowest BCUT2D eigenvalue weighted by Gasteiger charge is -2.32. The van der Waals surface area contributed by atoms with E-state index in [-0.39, 0.29) is 18.1 Å². The number of nitrogens with one attached hydrogen (secondary N) is 2. The molecule has 0 bridgehead atoms. The molecule has 4 N–H and O–H groups in total. The Morgan fingerprint density at radius 2 is 2.03 bits per heavy atom. The number of nitrogens with zero attached hydrogens (tertiary/aromatic N) is 4. The molecule has 11 nitrogen and oxygen atoms in total. The third-order valence-electron chi connectivity index (χ3n) is 5.79. The molecule has 32 heavy (non-hydrogen) atoms. The van der Waals surface area contributed by atoms with Gasteiger partial charge in [-0.2, -0.15) is 5.10 Å². The van der Waals surface area contributed by atoms with Gasteiger partial charge in [0.1, 0.15) is 16.8 Å². The predicted octanol–water partition coefficient (Wildman–Crippen LogP) is -0.672. The number of hydrogen-bond acceptors (Lipinski definition) is 8. The van der Waals surface area contributed by atoms with Crippen molar-refractivity contribution in [2.75, 3.05) is 17.2 Å². The van der Waals surface area contributed by atoms with Crippen LogP contribution < -0.4 is 32.4 Å². The monoisotopic (exact) mass is 433 g/mol. The standard InChI is InChI=1S/C21H19N7O4/c1-27-19-13(8-24-27)20(31)26-18(25-19)21(32)23-7-10-2-3-11-4-5-28(9-12(11)6-10)15-14(22)16(29)17(15)30/h2-3,6,8H,4-5,7,9,22H2,1H3,(H,23,32)(H,25,26,31). The zero-order valence-corrected chi connectivity index (χ0v) is 17.1. The quantitative estimate of drug-likeness (QED) is 0.358. The van der Waals surface area contributed by atoms with Crippen LogP contribution in [0.3, 0.4) is 0 Å². The van der Waals surface area contributed by atoms with Crippen LogP contribution in [0, 0.1) is 0 Å². The lowest BCUT2D eigenvalue weighted by Crippen LogP contribution is -2.44. The van der Waals surface area contributed by atoms with Crippen LogP contribution in [0.25, 0.3) is 11.0 Å². The number of aromatic nitrogens is 4. The van der Waals surface area contributed by atoms with Gasteiger partial charge in [0.15, 0.2) is 5.65 Å². The van der Waals surface area contributed by atoms with Gasteiger partial charge in [0.25, 0.3) is 22.3 Å². The number of carbonyl (C=O) groups excluding carboxylic acids is 1. The molecule has 0 saturated heterocycles. The van der Waals surface area contributed by atoms with Gasteiger partial charge in [-0.05, 0) is 23.1 Å². The second-order valence-corrected chi connectivity index (χ2v) is 7.80. The fourth-order valence-electron chi connectivity index (χ4n) is 4.03. The number of benzene rings is 1. The van der Waals surface area contributed by atoms with Crippen molar-refractivity contribution in [2.45, 2.75) is 19.5 Å². The lowest BCUT2D eigenvalue weighted by atomic mass is 9.96. The third kappa shape index (κ3) is 3.06. The van der Waals surface area contributed by atoms with E-state index in [1.54, 1.807) is 7.05 Å². The summed E-state index contributed by atoms with van der Waals surface area (Å²) < 4.78 is 1.43. The highest BCUT2D eigenvalue weighted by Crippen LogP contribution is 2.26. The minimum atomic E-state index is -0.627. The number of aryl methyl sites for hydroxylation is 1. The van der Waals surface area contributed by atoms with Crippen molar-refractivity contribution in [3.63, 3.8) is 0 Å². The van der Waals surface area contributed by atoms with E-state index >= 15 is 0 Å². The zero-order chi connectivity index (χ0) is 22.6. The number of H-pyrrole nitrogens is 1. The molecule has 2 aromatic heterocycles. The van der Waals surface area contributed by atoms with E-state index in [0.29, 0.717) is 29.8 Å². The number of rotatable bonds is 4. The first kappa shape index (κ1) is 19.7. The first-order chi connectivity index (χ1) is 15.3. The Balaban J connectivity index is 1.32. The van der Waals surface area contributed by atoms with Crippen molar-refractivity contribution in [1.82, 2.24) is 25.1 Å². The molecule has 162 valence electrons. The van der Waals surface area contributed by atoms with E-state index in [1.165, 1.54) is 10.9 Å². The summed E-state index contributed by atoms with van der Waals surface area (Å²) in [5.74, 6) is -0.605. The molecule has 2 aromatic carbocycles. The molecule has 1 aliphatic rings. The van der Waals surface area contributed by atoms with Crippen molar-refractivity contribution in [1.29, 1.82) is 0 Å². The minimum Gasteiger partial charge on any atom is -0.394 e. The molecule has 4 aromatic rings. The molecule has 1 amide bonds. The number of amides is 1. The van der Waals surface area contributed by atoms with Crippen molar-refractivity contribution < 1.29 is 4.79 Å². The molecule has 0 spiro atoms. The Morgan fingerprint density at radius 1 is 1.22 bits per heavy atom. The summed E-state index contributed by atoms with van der Waals surface area (Å²) in [6.07, 6.45) is 2.12. The third-order valence-corrected chi connectivity index (χ3v) is 5.79. The molecular weight excluding hydrogens is 414 g/mol. The lowest BCUT2D eigenvalue weighted by molar-refractivity contribution is 0.0940. The summed E-state index contributed by atoms with van der Waals surface area (Å²) in [7, 11) is 1.64. The average Bonchev–Trinajstić information content (AvgIpc) is 3.18.